The fraction of sp³-hybridized carbons (Fsp3) is 0.158. The second-order valence-corrected chi connectivity index (χ2v) is 6.46. The first-order valence-electron chi connectivity index (χ1n) is 8.37. The van der Waals surface area contributed by atoms with Crippen molar-refractivity contribution in [3.8, 4) is 11.4 Å². The van der Waals surface area contributed by atoms with Gasteiger partial charge < -0.3 is 4.57 Å². The maximum atomic E-state index is 13.5. The van der Waals surface area contributed by atoms with Crippen molar-refractivity contribution in [1.29, 1.82) is 0 Å². The first-order chi connectivity index (χ1) is 13.2. The second-order valence-electron chi connectivity index (χ2n) is 5.52. The van der Waals surface area contributed by atoms with E-state index in [1.165, 1.54) is 24.0 Å². The van der Waals surface area contributed by atoms with Gasteiger partial charge in [0.05, 0.1) is 12.0 Å². The molecule has 138 valence electrons. The number of carbonyl (C=O) groups is 1. The molecule has 1 aromatic heterocycles. The Labute approximate surface area is 160 Å². The zero-order valence-corrected chi connectivity index (χ0v) is 15.5. The molecule has 0 saturated carbocycles. The summed E-state index contributed by atoms with van der Waals surface area (Å²) in [6, 6.07) is 16.0. The number of nitrogens with zero attached hydrogens (tertiary/aromatic N) is 4. The molecule has 0 aliphatic heterocycles. The van der Waals surface area contributed by atoms with Gasteiger partial charge in [0, 0.05) is 17.7 Å². The van der Waals surface area contributed by atoms with Gasteiger partial charge in [-0.05, 0) is 13.0 Å². The molecule has 0 bridgehead atoms. The van der Waals surface area contributed by atoms with Gasteiger partial charge in [-0.15, -0.1) is 10.2 Å². The molecule has 0 atom stereocenters. The van der Waals surface area contributed by atoms with Gasteiger partial charge in [-0.3, -0.25) is 4.79 Å². The Bertz CT molecular complexity index is 942. The van der Waals surface area contributed by atoms with Gasteiger partial charge in [-0.2, -0.15) is 5.10 Å². The van der Waals surface area contributed by atoms with E-state index in [1.807, 2.05) is 41.8 Å². The van der Waals surface area contributed by atoms with E-state index >= 15 is 0 Å². The first kappa shape index (κ1) is 18.8. The normalized spacial score (nSPS) is 11.0. The number of rotatable bonds is 7. The number of nitrogens with one attached hydrogen (secondary N) is 1. The number of halogens is 1. The van der Waals surface area contributed by atoms with Gasteiger partial charge in [0.1, 0.15) is 5.82 Å². The zero-order valence-electron chi connectivity index (χ0n) is 14.7. The summed E-state index contributed by atoms with van der Waals surface area (Å²) in [5.74, 6) is 0.189. The molecule has 1 amide bonds. The van der Waals surface area contributed by atoms with Crippen molar-refractivity contribution in [2.45, 2.75) is 18.6 Å². The number of amides is 1. The van der Waals surface area contributed by atoms with Crippen molar-refractivity contribution in [3.05, 3.63) is 66.0 Å². The highest BCUT2D eigenvalue weighted by atomic mass is 32.2. The molecule has 0 saturated heterocycles. The molecule has 0 unspecified atom stereocenters. The molecule has 1 heterocycles. The molecule has 0 aliphatic rings. The topological polar surface area (TPSA) is 72.2 Å². The number of hydrogen-bond acceptors (Lipinski definition) is 5. The van der Waals surface area contributed by atoms with E-state index in [9.17, 15) is 9.18 Å². The number of benzene rings is 2. The van der Waals surface area contributed by atoms with Crippen LogP contribution in [-0.4, -0.2) is 32.6 Å². The van der Waals surface area contributed by atoms with Gasteiger partial charge in [0.25, 0.3) is 5.91 Å². The highest BCUT2D eigenvalue weighted by Crippen LogP contribution is 2.23. The Morgan fingerprint density at radius 2 is 1.93 bits per heavy atom. The summed E-state index contributed by atoms with van der Waals surface area (Å²) in [6.45, 7) is 2.69. The van der Waals surface area contributed by atoms with E-state index in [0.29, 0.717) is 17.3 Å². The third-order valence-corrected chi connectivity index (χ3v) is 4.66. The lowest BCUT2D eigenvalue weighted by Crippen LogP contribution is -2.20. The van der Waals surface area contributed by atoms with Crippen LogP contribution in [0.25, 0.3) is 11.4 Å². The predicted octanol–water partition coefficient (Wildman–Crippen LogP) is 3.35. The van der Waals surface area contributed by atoms with Crippen molar-refractivity contribution in [2.75, 3.05) is 5.75 Å². The fourth-order valence-corrected chi connectivity index (χ4v) is 3.19. The summed E-state index contributed by atoms with van der Waals surface area (Å²) in [6.07, 6.45) is 1.28. The Balaban J connectivity index is 1.59. The molecule has 3 aromatic rings. The van der Waals surface area contributed by atoms with Crippen LogP contribution in [0.1, 0.15) is 12.5 Å². The smallest absolute Gasteiger partial charge is 0.250 e. The van der Waals surface area contributed by atoms with Crippen LogP contribution in [0.3, 0.4) is 0 Å². The average molecular weight is 383 g/mol. The quantitative estimate of drug-likeness (QED) is 0.386. The Kier molecular flexibility index (Phi) is 6.32. The highest BCUT2D eigenvalue weighted by Gasteiger charge is 2.14. The lowest BCUT2D eigenvalue weighted by atomic mass is 10.2. The molecule has 3 rings (SSSR count). The van der Waals surface area contributed by atoms with E-state index in [2.05, 4.69) is 20.7 Å². The van der Waals surface area contributed by atoms with Crippen LogP contribution in [-0.2, 0) is 11.3 Å². The van der Waals surface area contributed by atoms with Crippen LogP contribution in [0.5, 0.6) is 0 Å². The van der Waals surface area contributed by atoms with Crippen molar-refractivity contribution >= 4 is 23.9 Å². The molecule has 0 radical (unpaired) electrons. The fourth-order valence-electron chi connectivity index (χ4n) is 2.40. The minimum atomic E-state index is -0.394. The van der Waals surface area contributed by atoms with Gasteiger partial charge >= 0.3 is 0 Å². The number of carbonyl (C=O) groups excluding carboxylic acids is 1. The van der Waals surface area contributed by atoms with E-state index in [-0.39, 0.29) is 11.7 Å². The van der Waals surface area contributed by atoms with Crippen LogP contribution in [0.2, 0.25) is 0 Å². The molecular formula is C19H18FN5OS. The highest BCUT2D eigenvalue weighted by molar-refractivity contribution is 7.99. The largest absolute Gasteiger partial charge is 0.302 e. The van der Waals surface area contributed by atoms with Crippen molar-refractivity contribution in [1.82, 2.24) is 20.2 Å². The average Bonchev–Trinajstić information content (AvgIpc) is 3.11. The number of thioether (sulfide) groups is 1. The molecule has 2 aromatic carbocycles. The maximum absolute atomic E-state index is 13.5. The molecule has 0 aliphatic carbocycles. The summed E-state index contributed by atoms with van der Waals surface area (Å²) in [7, 11) is 0. The molecule has 8 heteroatoms. The monoisotopic (exact) mass is 383 g/mol. The summed E-state index contributed by atoms with van der Waals surface area (Å²) >= 11 is 1.27. The van der Waals surface area contributed by atoms with Crippen molar-refractivity contribution in [2.24, 2.45) is 5.10 Å². The summed E-state index contributed by atoms with van der Waals surface area (Å²) in [5.41, 5.74) is 3.67. The SMILES string of the molecule is CCn1c(SCC(=O)N/N=C\c2ccccc2F)nnc1-c1ccccc1. The van der Waals surface area contributed by atoms with Crippen LogP contribution in [0.4, 0.5) is 4.39 Å². The number of hydrogen-bond donors (Lipinski definition) is 1. The molecule has 0 fully saturated rings. The van der Waals surface area contributed by atoms with Crippen LogP contribution in [0.15, 0.2) is 64.9 Å². The Morgan fingerprint density at radius 1 is 1.19 bits per heavy atom. The third-order valence-electron chi connectivity index (χ3n) is 3.70. The van der Waals surface area contributed by atoms with E-state index in [4.69, 9.17) is 0 Å². The van der Waals surface area contributed by atoms with Gasteiger partial charge in [-0.1, -0.05) is 60.3 Å². The second kappa shape index (κ2) is 9.09. The summed E-state index contributed by atoms with van der Waals surface area (Å²) in [5, 5.41) is 12.9. The summed E-state index contributed by atoms with van der Waals surface area (Å²) in [4.78, 5) is 12.0. The van der Waals surface area contributed by atoms with E-state index < -0.39 is 5.82 Å². The van der Waals surface area contributed by atoms with Gasteiger partial charge in [-0.25, -0.2) is 9.82 Å². The van der Waals surface area contributed by atoms with E-state index in [1.54, 1.807) is 18.2 Å². The molecule has 6 nitrogen and oxygen atoms in total. The minimum absolute atomic E-state index is 0.127. The Morgan fingerprint density at radius 3 is 2.67 bits per heavy atom. The van der Waals surface area contributed by atoms with Crippen LogP contribution < -0.4 is 5.43 Å². The standard InChI is InChI=1S/C19H18FN5OS/c1-2-25-18(14-8-4-3-5-9-14)23-24-19(25)27-13-17(26)22-21-12-15-10-6-7-11-16(15)20/h3-12H,2,13H2,1H3,(H,22,26)/b21-12-. The number of aromatic nitrogens is 3. The zero-order chi connectivity index (χ0) is 19.1. The van der Waals surface area contributed by atoms with Crippen molar-refractivity contribution in [3.63, 3.8) is 0 Å². The van der Waals surface area contributed by atoms with Crippen LogP contribution >= 0.6 is 11.8 Å². The molecule has 0 spiro atoms. The summed E-state index contributed by atoms with van der Waals surface area (Å²) < 4.78 is 15.4. The molecular weight excluding hydrogens is 365 g/mol. The maximum Gasteiger partial charge on any atom is 0.250 e. The lowest BCUT2D eigenvalue weighted by molar-refractivity contribution is -0.118. The Hall–Kier alpha value is -3.00. The van der Waals surface area contributed by atoms with Gasteiger partial charge in [0.2, 0.25) is 0 Å². The molecule has 1 N–H and O–H groups in total. The minimum Gasteiger partial charge on any atom is -0.302 e. The lowest BCUT2D eigenvalue weighted by Gasteiger charge is -2.06. The van der Waals surface area contributed by atoms with Gasteiger partial charge in [0.15, 0.2) is 11.0 Å². The van der Waals surface area contributed by atoms with Crippen LogP contribution in [0, 0.1) is 5.82 Å². The number of hydrazone groups is 1. The molecule has 27 heavy (non-hydrogen) atoms. The van der Waals surface area contributed by atoms with E-state index in [0.717, 1.165) is 11.4 Å². The first-order valence-corrected chi connectivity index (χ1v) is 9.35. The van der Waals surface area contributed by atoms with Crippen molar-refractivity contribution < 1.29 is 9.18 Å². The third kappa shape index (κ3) is 4.79. The predicted molar refractivity (Wildman–Crippen MR) is 104 cm³/mol.